The predicted molar refractivity (Wildman–Crippen MR) is 99.0 cm³/mol. The fourth-order valence-electron chi connectivity index (χ4n) is 3.36. The van der Waals surface area contributed by atoms with Crippen molar-refractivity contribution in [1.82, 2.24) is 29.4 Å². The number of imidazole rings is 1. The first-order chi connectivity index (χ1) is 12.6. The van der Waals surface area contributed by atoms with Crippen molar-refractivity contribution in [2.75, 3.05) is 13.1 Å². The first-order valence-electron chi connectivity index (χ1n) is 8.61. The lowest BCUT2D eigenvalue weighted by atomic mass is 9.94. The molecular weight excluding hydrogens is 348 g/mol. The van der Waals surface area contributed by atoms with Gasteiger partial charge in [-0.1, -0.05) is 0 Å². The minimum atomic E-state index is 0.0745. The highest BCUT2D eigenvalue weighted by Crippen LogP contribution is 2.28. The zero-order chi connectivity index (χ0) is 18.1. The summed E-state index contributed by atoms with van der Waals surface area (Å²) in [5.74, 6) is 0.270. The molecule has 1 aliphatic rings. The molecule has 4 rings (SSSR count). The van der Waals surface area contributed by atoms with Gasteiger partial charge in [-0.2, -0.15) is 0 Å². The maximum Gasteiger partial charge on any atom is 0.265 e. The third-order valence-corrected chi connectivity index (χ3v) is 5.72. The summed E-state index contributed by atoms with van der Waals surface area (Å²) < 4.78 is 1.93. The van der Waals surface area contributed by atoms with E-state index in [9.17, 15) is 4.79 Å². The highest BCUT2D eigenvalue weighted by Gasteiger charge is 2.28. The van der Waals surface area contributed by atoms with E-state index in [2.05, 4.69) is 15.0 Å². The zero-order valence-corrected chi connectivity index (χ0v) is 15.6. The van der Waals surface area contributed by atoms with Gasteiger partial charge < -0.3 is 9.47 Å². The van der Waals surface area contributed by atoms with Gasteiger partial charge in [0.25, 0.3) is 5.91 Å². The molecule has 0 spiro atoms. The van der Waals surface area contributed by atoms with Crippen LogP contribution in [0.2, 0.25) is 0 Å². The summed E-state index contributed by atoms with van der Waals surface area (Å²) in [4.78, 5) is 33.0. The smallest absolute Gasteiger partial charge is 0.265 e. The molecule has 3 aromatic rings. The zero-order valence-electron chi connectivity index (χ0n) is 14.8. The summed E-state index contributed by atoms with van der Waals surface area (Å²) >= 11 is 1.41. The van der Waals surface area contributed by atoms with Gasteiger partial charge in [0.2, 0.25) is 0 Å². The molecule has 1 atom stereocenters. The number of thiazole rings is 1. The fourth-order valence-corrected chi connectivity index (χ4v) is 4.13. The summed E-state index contributed by atoms with van der Waals surface area (Å²) in [5, 5.41) is 0. The molecule has 0 aromatic carbocycles. The second-order valence-corrected chi connectivity index (χ2v) is 7.43. The van der Waals surface area contributed by atoms with Gasteiger partial charge >= 0.3 is 0 Å². The number of carbonyl (C=O) groups is 1. The van der Waals surface area contributed by atoms with Crippen LogP contribution in [0.4, 0.5) is 0 Å². The number of hydrogen-bond donors (Lipinski definition) is 0. The first kappa shape index (κ1) is 16.8. The van der Waals surface area contributed by atoms with Gasteiger partial charge in [0.05, 0.1) is 41.3 Å². The predicted octanol–water partition coefficient (Wildman–Crippen LogP) is 2.66. The van der Waals surface area contributed by atoms with Crippen molar-refractivity contribution in [2.45, 2.75) is 25.7 Å². The van der Waals surface area contributed by atoms with Crippen molar-refractivity contribution >= 4 is 17.2 Å². The van der Waals surface area contributed by atoms with E-state index in [4.69, 9.17) is 4.98 Å². The first-order valence-corrected chi connectivity index (χ1v) is 9.49. The summed E-state index contributed by atoms with van der Waals surface area (Å²) in [6.45, 7) is 3.33. The highest BCUT2D eigenvalue weighted by atomic mass is 32.1. The van der Waals surface area contributed by atoms with E-state index < -0.39 is 0 Å². The molecule has 0 N–H and O–H groups in total. The average molecular weight is 368 g/mol. The molecule has 4 heterocycles. The van der Waals surface area contributed by atoms with Gasteiger partial charge in [-0.3, -0.25) is 9.78 Å². The van der Waals surface area contributed by atoms with Crippen LogP contribution in [0.3, 0.4) is 0 Å². The maximum atomic E-state index is 12.8. The minimum absolute atomic E-state index is 0.0745. The second-order valence-electron chi connectivity index (χ2n) is 6.58. The fraction of sp³-hybridized carbons (Fsp3) is 0.389. The summed E-state index contributed by atoms with van der Waals surface area (Å²) in [7, 11) is 1.94. The molecule has 1 aliphatic heterocycles. The van der Waals surface area contributed by atoms with Crippen LogP contribution >= 0.6 is 11.3 Å². The van der Waals surface area contributed by atoms with Crippen molar-refractivity contribution in [3.63, 3.8) is 0 Å². The van der Waals surface area contributed by atoms with Gasteiger partial charge in [0.1, 0.15) is 10.6 Å². The van der Waals surface area contributed by atoms with E-state index in [0.29, 0.717) is 6.54 Å². The Balaban J connectivity index is 1.56. The van der Waals surface area contributed by atoms with Gasteiger partial charge in [-0.05, 0) is 19.8 Å². The van der Waals surface area contributed by atoms with Crippen LogP contribution in [0, 0.1) is 6.92 Å². The van der Waals surface area contributed by atoms with Gasteiger partial charge in [0, 0.05) is 32.3 Å². The van der Waals surface area contributed by atoms with E-state index >= 15 is 0 Å². The molecule has 0 aliphatic carbocycles. The van der Waals surface area contributed by atoms with Crippen molar-refractivity contribution in [1.29, 1.82) is 0 Å². The van der Waals surface area contributed by atoms with E-state index in [1.807, 2.05) is 29.6 Å². The largest absolute Gasteiger partial charge is 0.337 e. The maximum absolute atomic E-state index is 12.8. The lowest BCUT2D eigenvalue weighted by Crippen LogP contribution is -2.39. The number of aryl methyl sites for hydroxylation is 2. The third-order valence-electron chi connectivity index (χ3n) is 4.80. The van der Waals surface area contributed by atoms with E-state index in [1.165, 1.54) is 11.3 Å². The van der Waals surface area contributed by atoms with Crippen molar-refractivity contribution in [3.05, 3.63) is 46.7 Å². The Kier molecular flexibility index (Phi) is 4.50. The normalized spacial score (nSPS) is 17.5. The Hall–Kier alpha value is -2.61. The van der Waals surface area contributed by atoms with E-state index in [-0.39, 0.29) is 11.8 Å². The summed E-state index contributed by atoms with van der Waals surface area (Å²) in [5.41, 5.74) is 5.21. The molecule has 26 heavy (non-hydrogen) atoms. The Bertz CT molecular complexity index is 933. The number of amides is 1. The van der Waals surface area contributed by atoms with Gasteiger partial charge in [0.15, 0.2) is 0 Å². The van der Waals surface area contributed by atoms with Crippen LogP contribution in [0.15, 0.2) is 30.4 Å². The number of hydrogen-bond acceptors (Lipinski definition) is 6. The Labute approximate surface area is 155 Å². The number of nitrogens with zero attached hydrogens (tertiary/aromatic N) is 6. The molecule has 0 saturated carbocycles. The second kappa shape index (κ2) is 6.95. The molecule has 0 bridgehead atoms. The van der Waals surface area contributed by atoms with Crippen LogP contribution < -0.4 is 0 Å². The molecule has 3 aromatic heterocycles. The number of likely N-dealkylation sites (tertiary alicyclic amines) is 1. The molecule has 1 amide bonds. The topological polar surface area (TPSA) is 76.8 Å². The SMILES string of the molecule is Cc1ncsc1C(=O)N1CCC[C@@H](c2cncc(-c3cncn3C)n2)C1. The number of rotatable bonds is 3. The lowest BCUT2D eigenvalue weighted by Gasteiger charge is -2.32. The van der Waals surface area contributed by atoms with Gasteiger partial charge in [-0.15, -0.1) is 11.3 Å². The van der Waals surface area contributed by atoms with Gasteiger partial charge in [-0.25, -0.2) is 15.0 Å². The summed E-state index contributed by atoms with van der Waals surface area (Å²) in [6, 6.07) is 0. The molecule has 1 fully saturated rings. The molecule has 0 unspecified atom stereocenters. The minimum Gasteiger partial charge on any atom is -0.337 e. The van der Waals surface area contributed by atoms with Crippen LogP contribution in [-0.2, 0) is 7.05 Å². The monoisotopic (exact) mass is 368 g/mol. The Morgan fingerprint density at radius 1 is 1.27 bits per heavy atom. The molecule has 1 saturated heterocycles. The molecule has 7 nitrogen and oxygen atoms in total. The third kappa shape index (κ3) is 3.12. The van der Waals surface area contributed by atoms with Crippen LogP contribution in [0.5, 0.6) is 0 Å². The molecule has 134 valence electrons. The molecule has 8 heteroatoms. The quantitative estimate of drug-likeness (QED) is 0.710. The number of carbonyl (C=O) groups excluding carboxylic acids is 1. The van der Waals surface area contributed by atoms with E-state index in [1.54, 1.807) is 24.2 Å². The van der Waals surface area contributed by atoms with Crippen LogP contribution in [-0.4, -0.2) is 48.4 Å². The van der Waals surface area contributed by atoms with Crippen LogP contribution in [0.1, 0.15) is 39.8 Å². The highest BCUT2D eigenvalue weighted by molar-refractivity contribution is 7.11. The Morgan fingerprint density at radius 2 is 2.15 bits per heavy atom. The molecular formula is C18H20N6OS. The standard InChI is InChI=1S/C18H20N6OS/c1-12-17(26-11-21-12)18(25)24-5-3-4-13(9-24)14-6-19-7-15(22-14)16-8-20-10-23(16)2/h6-8,10-11,13H,3-5,9H2,1-2H3/t13-/m1/s1. The van der Waals surface area contributed by atoms with Crippen molar-refractivity contribution in [3.8, 4) is 11.4 Å². The number of piperidine rings is 1. The molecule has 0 radical (unpaired) electrons. The number of aromatic nitrogens is 5. The average Bonchev–Trinajstić information content (AvgIpc) is 3.29. The summed E-state index contributed by atoms with van der Waals surface area (Å²) in [6.07, 6.45) is 9.09. The van der Waals surface area contributed by atoms with Crippen LogP contribution in [0.25, 0.3) is 11.4 Å². The Morgan fingerprint density at radius 3 is 2.88 bits per heavy atom. The van der Waals surface area contributed by atoms with Crippen molar-refractivity contribution in [2.24, 2.45) is 7.05 Å². The van der Waals surface area contributed by atoms with E-state index in [0.717, 1.165) is 47.0 Å². The van der Waals surface area contributed by atoms with Crippen molar-refractivity contribution < 1.29 is 4.79 Å². The lowest BCUT2D eigenvalue weighted by molar-refractivity contribution is 0.0710.